The third-order valence-electron chi connectivity index (χ3n) is 3.66. The van der Waals surface area contributed by atoms with E-state index in [0.29, 0.717) is 17.2 Å². The first kappa shape index (κ1) is 15.6. The van der Waals surface area contributed by atoms with Crippen molar-refractivity contribution in [3.63, 3.8) is 0 Å². The minimum Gasteiger partial charge on any atom is -0.496 e. The molecule has 6 nitrogen and oxygen atoms in total. The molecule has 0 spiro atoms. The monoisotopic (exact) mass is 293 g/mol. The Bertz CT molecular complexity index is 485. The highest BCUT2D eigenvalue weighted by atomic mass is 16.5. The Morgan fingerprint density at radius 1 is 1.57 bits per heavy atom. The van der Waals surface area contributed by atoms with Crippen LogP contribution in [0.3, 0.4) is 0 Å². The van der Waals surface area contributed by atoms with Gasteiger partial charge in [-0.1, -0.05) is 11.2 Å². The second kappa shape index (κ2) is 7.85. The zero-order valence-electron chi connectivity index (χ0n) is 12.3. The van der Waals surface area contributed by atoms with Crippen LogP contribution in [0, 0.1) is 5.92 Å². The summed E-state index contributed by atoms with van der Waals surface area (Å²) >= 11 is 0. The molecule has 1 unspecified atom stereocenters. The number of oxime groups is 1. The highest BCUT2D eigenvalue weighted by Crippen LogP contribution is 2.20. The molecule has 1 saturated heterocycles. The van der Waals surface area contributed by atoms with E-state index in [1.807, 2.05) is 18.2 Å². The largest absolute Gasteiger partial charge is 0.496 e. The van der Waals surface area contributed by atoms with Crippen LogP contribution in [0.5, 0.6) is 5.75 Å². The molecule has 0 aromatic heterocycles. The first-order valence-corrected chi connectivity index (χ1v) is 7.18. The summed E-state index contributed by atoms with van der Waals surface area (Å²) in [7, 11) is 1.56. The average molecular weight is 293 g/mol. The Hall–Kier alpha value is -1.79. The number of rotatable bonds is 6. The summed E-state index contributed by atoms with van der Waals surface area (Å²) in [6.07, 6.45) is 2.35. The van der Waals surface area contributed by atoms with Gasteiger partial charge in [-0.2, -0.15) is 0 Å². The molecular weight excluding hydrogens is 270 g/mol. The summed E-state index contributed by atoms with van der Waals surface area (Å²) in [5.74, 6) is 1.23. The van der Waals surface area contributed by atoms with E-state index in [0.717, 1.165) is 38.3 Å². The van der Waals surface area contributed by atoms with Crippen LogP contribution in [-0.4, -0.2) is 37.9 Å². The van der Waals surface area contributed by atoms with Crippen LogP contribution in [0.4, 0.5) is 0 Å². The van der Waals surface area contributed by atoms with E-state index in [1.165, 1.54) is 6.42 Å². The van der Waals surface area contributed by atoms with Crippen molar-refractivity contribution in [3.8, 4) is 5.75 Å². The van der Waals surface area contributed by atoms with Gasteiger partial charge < -0.3 is 25.7 Å². The van der Waals surface area contributed by atoms with E-state index in [-0.39, 0.29) is 5.84 Å². The van der Waals surface area contributed by atoms with E-state index in [4.69, 9.17) is 20.4 Å². The van der Waals surface area contributed by atoms with E-state index in [1.54, 1.807) is 7.11 Å². The molecule has 2 rings (SSSR count). The molecule has 21 heavy (non-hydrogen) atoms. The van der Waals surface area contributed by atoms with Gasteiger partial charge in [0.25, 0.3) is 0 Å². The van der Waals surface area contributed by atoms with E-state index in [9.17, 15) is 0 Å². The lowest BCUT2D eigenvalue weighted by Gasteiger charge is -2.22. The predicted molar refractivity (Wildman–Crippen MR) is 80.8 cm³/mol. The van der Waals surface area contributed by atoms with Crippen LogP contribution in [0.2, 0.25) is 0 Å². The second-order valence-electron chi connectivity index (χ2n) is 5.23. The fourth-order valence-corrected chi connectivity index (χ4v) is 2.51. The molecular formula is C15H23N3O3. The van der Waals surface area contributed by atoms with E-state index in [2.05, 4.69) is 10.5 Å². The molecule has 6 heteroatoms. The third kappa shape index (κ3) is 4.34. The Labute approximate surface area is 124 Å². The summed E-state index contributed by atoms with van der Waals surface area (Å²) in [6, 6.07) is 5.67. The molecule has 1 aliphatic rings. The summed E-state index contributed by atoms with van der Waals surface area (Å²) < 4.78 is 10.7. The van der Waals surface area contributed by atoms with Gasteiger partial charge >= 0.3 is 0 Å². The molecule has 1 aromatic rings. The van der Waals surface area contributed by atoms with Crippen LogP contribution < -0.4 is 15.8 Å². The molecule has 4 N–H and O–H groups in total. The number of ether oxygens (including phenoxy) is 2. The Balaban J connectivity index is 1.93. The summed E-state index contributed by atoms with van der Waals surface area (Å²) in [5, 5.41) is 15.3. The van der Waals surface area contributed by atoms with Gasteiger partial charge in [-0.3, -0.25) is 0 Å². The van der Waals surface area contributed by atoms with Crippen molar-refractivity contribution in [3.05, 3.63) is 29.3 Å². The topological polar surface area (TPSA) is 89.1 Å². The molecule has 1 heterocycles. The molecule has 0 radical (unpaired) electrons. The maximum absolute atomic E-state index is 8.82. The zero-order valence-corrected chi connectivity index (χ0v) is 12.3. The smallest absolute Gasteiger partial charge is 0.173 e. The lowest BCUT2D eigenvalue weighted by molar-refractivity contribution is 0.0547. The lowest BCUT2D eigenvalue weighted by Crippen LogP contribution is -2.29. The van der Waals surface area contributed by atoms with Crippen LogP contribution in [0.1, 0.15) is 24.0 Å². The molecule has 1 aliphatic heterocycles. The van der Waals surface area contributed by atoms with Gasteiger partial charge in [0.15, 0.2) is 5.84 Å². The number of nitrogens with one attached hydrogen (secondary N) is 1. The minimum absolute atomic E-state index is 0.0504. The SMILES string of the molecule is COc1ccc(CNCC2CCCOC2)cc1C(N)=NO. The van der Waals surface area contributed by atoms with Crippen molar-refractivity contribution < 1.29 is 14.7 Å². The van der Waals surface area contributed by atoms with Gasteiger partial charge in [-0.05, 0) is 36.5 Å². The van der Waals surface area contributed by atoms with Crippen molar-refractivity contribution in [1.29, 1.82) is 0 Å². The standard InChI is InChI=1S/C15H23N3O3/c1-20-14-5-4-11(7-13(14)15(16)18-19)8-17-9-12-3-2-6-21-10-12/h4-5,7,12,17,19H,2-3,6,8-10H2,1H3,(H2,16,18). The number of benzene rings is 1. The number of hydrogen-bond acceptors (Lipinski definition) is 5. The van der Waals surface area contributed by atoms with Crippen LogP contribution in [0.15, 0.2) is 23.4 Å². The van der Waals surface area contributed by atoms with Crippen LogP contribution in [-0.2, 0) is 11.3 Å². The number of methoxy groups -OCH3 is 1. The molecule has 116 valence electrons. The Morgan fingerprint density at radius 2 is 2.43 bits per heavy atom. The normalized spacial score (nSPS) is 19.5. The van der Waals surface area contributed by atoms with Gasteiger partial charge in [-0.15, -0.1) is 0 Å². The third-order valence-corrected chi connectivity index (χ3v) is 3.66. The Kier molecular flexibility index (Phi) is 5.83. The molecule has 0 aliphatic carbocycles. The van der Waals surface area contributed by atoms with Crippen molar-refractivity contribution >= 4 is 5.84 Å². The number of hydrogen-bond donors (Lipinski definition) is 3. The number of amidine groups is 1. The average Bonchev–Trinajstić information content (AvgIpc) is 2.55. The zero-order chi connectivity index (χ0) is 15.1. The maximum Gasteiger partial charge on any atom is 0.173 e. The summed E-state index contributed by atoms with van der Waals surface area (Å²) in [6.45, 7) is 3.39. The predicted octanol–water partition coefficient (Wildman–Crippen LogP) is 1.31. The summed E-state index contributed by atoms with van der Waals surface area (Å²) in [5.41, 5.74) is 7.33. The molecule has 1 atom stereocenters. The molecule has 1 fully saturated rings. The van der Waals surface area contributed by atoms with E-state index >= 15 is 0 Å². The minimum atomic E-state index is 0.0504. The van der Waals surface area contributed by atoms with Crippen molar-refractivity contribution in [2.75, 3.05) is 26.9 Å². The van der Waals surface area contributed by atoms with Gasteiger partial charge in [0, 0.05) is 19.7 Å². The second-order valence-corrected chi connectivity index (χ2v) is 5.23. The highest BCUT2D eigenvalue weighted by Gasteiger charge is 2.13. The van der Waals surface area contributed by atoms with Gasteiger partial charge in [0.05, 0.1) is 19.3 Å². The number of nitrogens with two attached hydrogens (primary N) is 1. The summed E-state index contributed by atoms with van der Waals surface area (Å²) in [4.78, 5) is 0. The van der Waals surface area contributed by atoms with Crippen LogP contribution in [0.25, 0.3) is 0 Å². The Morgan fingerprint density at radius 3 is 3.10 bits per heavy atom. The number of nitrogens with zero attached hydrogens (tertiary/aromatic N) is 1. The molecule has 0 amide bonds. The van der Waals surface area contributed by atoms with Gasteiger partial charge in [0.1, 0.15) is 5.75 Å². The quantitative estimate of drug-likeness (QED) is 0.318. The van der Waals surface area contributed by atoms with E-state index < -0.39 is 0 Å². The van der Waals surface area contributed by atoms with Crippen molar-refractivity contribution in [1.82, 2.24) is 5.32 Å². The van der Waals surface area contributed by atoms with Crippen molar-refractivity contribution in [2.45, 2.75) is 19.4 Å². The van der Waals surface area contributed by atoms with Crippen LogP contribution >= 0.6 is 0 Å². The fourth-order valence-electron chi connectivity index (χ4n) is 2.51. The highest BCUT2D eigenvalue weighted by molar-refractivity contribution is 5.99. The lowest BCUT2D eigenvalue weighted by atomic mass is 10.0. The van der Waals surface area contributed by atoms with Gasteiger partial charge in [-0.25, -0.2) is 0 Å². The fraction of sp³-hybridized carbons (Fsp3) is 0.533. The van der Waals surface area contributed by atoms with Crippen molar-refractivity contribution in [2.24, 2.45) is 16.8 Å². The maximum atomic E-state index is 8.82. The molecule has 0 bridgehead atoms. The first-order chi connectivity index (χ1) is 10.2. The van der Waals surface area contributed by atoms with Gasteiger partial charge in [0.2, 0.25) is 0 Å². The first-order valence-electron chi connectivity index (χ1n) is 7.18. The molecule has 1 aromatic carbocycles. The molecule has 0 saturated carbocycles.